The maximum atomic E-state index is 14.3. The predicted molar refractivity (Wildman–Crippen MR) is 148 cm³/mol. The highest BCUT2D eigenvalue weighted by Gasteiger charge is 2.57. The lowest BCUT2D eigenvalue weighted by Crippen LogP contribution is -2.65. The molecule has 0 saturated heterocycles. The molecule has 0 aliphatic carbocycles. The van der Waals surface area contributed by atoms with E-state index in [1.54, 1.807) is 32.0 Å². The van der Waals surface area contributed by atoms with Crippen molar-refractivity contribution < 1.29 is 41.4 Å². The summed E-state index contributed by atoms with van der Waals surface area (Å²) in [7, 11) is -1.92. The Morgan fingerprint density at radius 2 is 1.75 bits per heavy atom. The van der Waals surface area contributed by atoms with E-state index < -0.39 is 47.6 Å². The highest BCUT2D eigenvalue weighted by Crippen LogP contribution is 2.35. The Balaban J connectivity index is 2.85. The van der Waals surface area contributed by atoms with Gasteiger partial charge in [-0.15, -0.1) is 3.89 Å². The van der Waals surface area contributed by atoms with Crippen LogP contribution < -0.4 is 15.2 Å². The Hall–Kier alpha value is -3.81. The summed E-state index contributed by atoms with van der Waals surface area (Å²) in [6, 6.07) is 7.28. The van der Waals surface area contributed by atoms with Crippen molar-refractivity contribution in [1.82, 2.24) is 0 Å². The highest BCUT2D eigenvalue weighted by atomic mass is 32.2. The molecule has 0 radical (unpaired) electrons. The van der Waals surface area contributed by atoms with E-state index in [9.17, 15) is 33.2 Å². The molecule has 2 aromatic carbocycles. The van der Waals surface area contributed by atoms with Gasteiger partial charge in [0.15, 0.2) is 11.5 Å². The normalized spacial score (nSPS) is 14.1. The Bertz CT molecular complexity index is 1340. The van der Waals surface area contributed by atoms with E-state index in [4.69, 9.17) is 15.2 Å². The van der Waals surface area contributed by atoms with Crippen LogP contribution >= 0.6 is 0 Å². The first-order chi connectivity index (χ1) is 18.9. The fourth-order valence-corrected chi connectivity index (χ4v) is 6.73. The van der Waals surface area contributed by atoms with Crippen LogP contribution in [0, 0.1) is 16.0 Å². The molecule has 0 heterocycles. The summed E-state index contributed by atoms with van der Waals surface area (Å²) in [5.41, 5.74) is 5.64. The number of nitro groups is 1. The second-order valence-electron chi connectivity index (χ2n) is 9.49. The van der Waals surface area contributed by atoms with Crippen molar-refractivity contribution in [3.05, 3.63) is 64.2 Å². The van der Waals surface area contributed by atoms with Crippen LogP contribution in [0.25, 0.3) is 6.08 Å². The third-order valence-electron chi connectivity index (χ3n) is 6.34. The van der Waals surface area contributed by atoms with Crippen molar-refractivity contribution in [3.8, 4) is 11.5 Å². The SMILES string of the molecule is COc1cccc(C=CC(=O)[N+](CC(C)C)([C@@H](CCCCN)C(=O)O)S(=O)(=O)c2ccc([N+](=O)[O-])cc2)c1OC. The molecule has 40 heavy (non-hydrogen) atoms. The number of carboxylic acids is 1. The number of hydrogen-bond donors (Lipinski definition) is 2. The third-order valence-corrected chi connectivity index (χ3v) is 8.65. The number of nitrogens with zero attached hydrogens (tertiary/aromatic N) is 2. The number of aliphatic carboxylic acids is 1. The lowest BCUT2D eigenvalue weighted by atomic mass is 10.0. The third kappa shape index (κ3) is 6.84. The number of ether oxygens (including phenoxy) is 2. The molecule has 0 aliphatic heterocycles. The number of amides is 1. The minimum atomic E-state index is -4.77. The van der Waals surface area contributed by atoms with E-state index >= 15 is 0 Å². The van der Waals surface area contributed by atoms with Gasteiger partial charge < -0.3 is 20.3 Å². The zero-order chi connectivity index (χ0) is 30.1. The summed E-state index contributed by atoms with van der Waals surface area (Å²) in [6.45, 7) is 3.25. The van der Waals surface area contributed by atoms with Crippen molar-refractivity contribution in [1.29, 1.82) is 0 Å². The second kappa shape index (κ2) is 14.0. The summed E-state index contributed by atoms with van der Waals surface area (Å²) in [4.78, 5) is 36.9. The molecule has 13 heteroatoms. The minimum Gasteiger partial charge on any atom is -0.493 e. The first-order valence-corrected chi connectivity index (χ1v) is 14.0. The van der Waals surface area contributed by atoms with Crippen molar-refractivity contribution in [3.63, 3.8) is 0 Å². The number of carbonyl (C=O) groups is 2. The molecule has 2 rings (SSSR count). The molecule has 12 nitrogen and oxygen atoms in total. The molecule has 0 aliphatic rings. The van der Waals surface area contributed by atoms with E-state index in [-0.39, 0.29) is 31.6 Å². The maximum Gasteiger partial charge on any atom is 0.364 e. The number of carboxylic acid groups (broad SMARTS) is 1. The number of methoxy groups -OCH3 is 2. The lowest BCUT2D eigenvalue weighted by Gasteiger charge is -2.39. The first kappa shape index (κ1) is 32.4. The van der Waals surface area contributed by atoms with E-state index in [2.05, 4.69) is 0 Å². The Morgan fingerprint density at radius 1 is 1.10 bits per heavy atom. The fourth-order valence-electron chi connectivity index (χ4n) is 4.55. The van der Waals surface area contributed by atoms with Crippen LogP contribution in [-0.2, 0) is 19.6 Å². The minimum absolute atomic E-state index is 0.145. The molecule has 1 amide bonds. The van der Waals surface area contributed by atoms with Crippen molar-refractivity contribution >= 4 is 33.7 Å². The predicted octanol–water partition coefficient (Wildman–Crippen LogP) is 3.60. The van der Waals surface area contributed by atoms with Gasteiger partial charge in [0, 0.05) is 36.1 Å². The van der Waals surface area contributed by atoms with Gasteiger partial charge >= 0.3 is 21.9 Å². The van der Waals surface area contributed by atoms with Gasteiger partial charge in [0.2, 0.25) is 6.04 Å². The molecule has 0 spiro atoms. The number of non-ortho nitro benzene ring substituents is 1. The van der Waals surface area contributed by atoms with Gasteiger partial charge in [-0.25, -0.2) is 9.59 Å². The fraction of sp³-hybridized carbons (Fsp3) is 0.407. The topological polar surface area (TPSA) is 176 Å². The molecule has 0 fully saturated rings. The number of rotatable bonds is 15. The number of unbranched alkanes of at least 4 members (excludes halogenated alkanes) is 1. The summed E-state index contributed by atoms with van der Waals surface area (Å²) < 4.78 is 37.9. The van der Waals surface area contributed by atoms with Gasteiger partial charge in [0.1, 0.15) is 11.4 Å². The number of para-hydroxylation sites is 1. The van der Waals surface area contributed by atoms with Crippen LogP contribution in [0.4, 0.5) is 5.69 Å². The number of benzene rings is 2. The van der Waals surface area contributed by atoms with E-state index in [1.807, 2.05) is 0 Å². The average Bonchev–Trinajstić information content (AvgIpc) is 2.92. The number of nitro benzene ring substituents is 1. The maximum absolute atomic E-state index is 14.3. The number of hydrogen-bond acceptors (Lipinski definition) is 9. The summed E-state index contributed by atoms with van der Waals surface area (Å²) in [5.74, 6) is -2.22. The van der Waals surface area contributed by atoms with E-state index in [1.165, 1.54) is 20.3 Å². The van der Waals surface area contributed by atoms with Gasteiger partial charge in [0.05, 0.1) is 19.1 Å². The van der Waals surface area contributed by atoms with E-state index in [0.717, 1.165) is 30.3 Å². The molecule has 1 unspecified atom stereocenters. The zero-order valence-electron chi connectivity index (χ0n) is 23.0. The summed E-state index contributed by atoms with van der Waals surface area (Å²) >= 11 is 0. The molecule has 3 N–H and O–H groups in total. The quantitative estimate of drug-likeness (QED) is 0.104. The number of quaternary nitrogens is 1. The molecule has 2 atom stereocenters. The van der Waals surface area contributed by atoms with Crippen LogP contribution in [0.3, 0.4) is 0 Å². The molecular formula is C27H36N3O9S+. The Kier molecular flexibility index (Phi) is 11.3. The van der Waals surface area contributed by atoms with Crippen molar-refractivity contribution in [2.24, 2.45) is 11.7 Å². The van der Waals surface area contributed by atoms with Gasteiger partial charge in [-0.3, -0.25) is 10.1 Å². The van der Waals surface area contributed by atoms with Crippen molar-refractivity contribution in [2.75, 3.05) is 27.3 Å². The molecular weight excluding hydrogens is 542 g/mol. The van der Waals surface area contributed by atoms with Gasteiger partial charge in [-0.05, 0) is 43.7 Å². The van der Waals surface area contributed by atoms with Gasteiger partial charge in [0.25, 0.3) is 5.69 Å². The molecule has 0 bridgehead atoms. The van der Waals surface area contributed by atoms with Crippen LogP contribution in [-0.4, -0.2) is 67.6 Å². The molecule has 218 valence electrons. The van der Waals surface area contributed by atoms with Gasteiger partial charge in [-0.2, -0.15) is 8.42 Å². The second-order valence-corrected chi connectivity index (χ2v) is 11.6. The van der Waals surface area contributed by atoms with Crippen LogP contribution in [0.15, 0.2) is 53.4 Å². The van der Waals surface area contributed by atoms with Gasteiger partial charge in [-0.1, -0.05) is 26.0 Å². The molecule has 2 aromatic rings. The monoisotopic (exact) mass is 578 g/mol. The van der Waals surface area contributed by atoms with Crippen LogP contribution in [0.2, 0.25) is 0 Å². The number of carbonyl (C=O) groups excluding carboxylic acids is 1. The summed E-state index contributed by atoms with van der Waals surface area (Å²) in [5, 5.41) is 21.5. The van der Waals surface area contributed by atoms with E-state index in [0.29, 0.717) is 23.5 Å². The molecule has 0 saturated carbocycles. The van der Waals surface area contributed by atoms with Crippen LogP contribution in [0.1, 0.15) is 38.7 Å². The zero-order valence-corrected chi connectivity index (χ0v) is 23.8. The standard InChI is InChI=1S/C27H35N3O9S/c1-19(2)18-30(23(27(32)33)9-5-6-17-28,40(36,37)22-14-12-21(13-15-22)29(34)35)25(31)16-11-20-8-7-10-24(38-3)26(20)39-4/h7-8,10-16,19,23H,5-6,9,17-18,28H2,1-4H3/p+1/t23-,30?/m0/s1. The lowest BCUT2D eigenvalue weighted by molar-refractivity contribution is -0.749. The smallest absolute Gasteiger partial charge is 0.364 e. The highest BCUT2D eigenvalue weighted by molar-refractivity contribution is 7.86. The largest absolute Gasteiger partial charge is 0.493 e. The first-order valence-electron chi connectivity index (χ1n) is 12.6. The van der Waals surface area contributed by atoms with Crippen LogP contribution in [0.5, 0.6) is 11.5 Å². The Morgan fingerprint density at radius 3 is 2.25 bits per heavy atom. The number of sulfonamides is 1. The molecule has 0 aromatic heterocycles. The average molecular weight is 579 g/mol. The summed E-state index contributed by atoms with van der Waals surface area (Å²) in [6.07, 6.45) is 2.92. The van der Waals surface area contributed by atoms with Crippen molar-refractivity contribution in [2.45, 2.75) is 44.0 Å². The number of nitrogens with two attached hydrogens (primary N) is 1. The Labute approximate surface area is 233 Å².